The molecule has 97 heavy (non-hydrogen) atoms. The molecule has 534 valence electrons. The van der Waals surface area contributed by atoms with Gasteiger partial charge in [0.05, 0.1) is 44.5 Å². The lowest BCUT2D eigenvalue weighted by molar-refractivity contribution is -0.148. The molecule has 0 saturated carbocycles. The van der Waals surface area contributed by atoms with Gasteiger partial charge in [-0.2, -0.15) is 35.3 Å². The van der Waals surface area contributed by atoms with Gasteiger partial charge in [0.1, 0.15) is 42.0 Å². The molecule has 31 heteroatoms. The highest BCUT2D eigenvalue weighted by Crippen LogP contribution is 2.29. The maximum absolute atomic E-state index is 14.8. The van der Waals surface area contributed by atoms with Crippen LogP contribution in [-0.4, -0.2) is 245 Å². The number of amides is 7. The van der Waals surface area contributed by atoms with E-state index in [2.05, 4.69) is 21.3 Å². The summed E-state index contributed by atoms with van der Waals surface area (Å²) in [7, 11) is 0. The molecule has 3 fully saturated rings. The monoisotopic (exact) mass is 1410 g/mol. The molecule has 4 aliphatic heterocycles. The molecule has 2 aromatic rings. The van der Waals surface area contributed by atoms with Crippen molar-refractivity contribution in [3.63, 3.8) is 0 Å². The largest absolute Gasteiger partial charge is 0.481 e. The summed E-state index contributed by atoms with van der Waals surface area (Å²) >= 11 is 4.19. The number of hydrogen-bond acceptors (Lipinski definition) is 20. The number of nitrogens with zero attached hydrogens (tertiary/aromatic N) is 5. The van der Waals surface area contributed by atoms with Crippen molar-refractivity contribution in [1.29, 1.82) is 0 Å². The number of thioether (sulfide) groups is 3. The molecule has 0 radical (unpaired) electrons. The fraction of sp³-hybridized carbons (Fsp3) is 0.621. The first kappa shape index (κ1) is 78.8. The Labute approximate surface area is 577 Å². The van der Waals surface area contributed by atoms with Crippen LogP contribution in [0.3, 0.4) is 0 Å². The number of rotatable bonds is 27. The number of carbonyl (C=O) groups excluding carboxylic acids is 9. The molecule has 0 spiro atoms. The zero-order valence-corrected chi connectivity index (χ0v) is 57.6. The van der Waals surface area contributed by atoms with Crippen LogP contribution >= 0.6 is 35.3 Å². The number of carboxylic acids is 4. The van der Waals surface area contributed by atoms with E-state index in [4.69, 9.17) is 5.73 Å². The lowest BCUT2D eigenvalue weighted by atomic mass is 9.95. The van der Waals surface area contributed by atoms with Gasteiger partial charge in [0.2, 0.25) is 41.4 Å². The molecule has 0 aliphatic carbocycles. The normalized spacial score (nSPS) is 23.5. The minimum absolute atomic E-state index is 0.00204. The molecule has 11 N–H and O–H groups in total. The molecular weight excluding hydrogens is 1320 g/mol. The summed E-state index contributed by atoms with van der Waals surface area (Å²) in [5.41, 5.74) is 8.62. The van der Waals surface area contributed by atoms with Crippen LogP contribution in [-0.2, 0) is 86.0 Å². The Bertz CT molecular complexity index is 3090. The van der Waals surface area contributed by atoms with E-state index in [0.717, 1.165) is 29.5 Å². The van der Waals surface area contributed by atoms with Crippen molar-refractivity contribution in [3.05, 3.63) is 70.8 Å². The number of nitrogens with one attached hydrogen (secondary N) is 4. The van der Waals surface area contributed by atoms with E-state index in [1.54, 1.807) is 47.0 Å². The summed E-state index contributed by atoms with van der Waals surface area (Å²) in [5.74, 6) is -10.0. The van der Waals surface area contributed by atoms with E-state index in [-0.39, 0.29) is 126 Å². The zero-order chi connectivity index (χ0) is 70.7. The molecule has 28 nitrogen and oxygen atoms in total. The first-order valence-corrected chi connectivity index (χ1v) is 36.6. The number of fused-ring (bicyclic) bond motifs is 4. The molecule has 3 saturated heterocycles. The molecule has 2 aromatic carbocycles. The number of hydrogen-bond donors (Lipinski definition) is 10. The highest BCUT2D eigenvalue weighted by atomic mass is 32.2. The van der Waals surface area contributed by atoms with Crippen molar-refractivity contribution >= 4 is 112 Å². The predicted octanol–water partition coefficient (Wildman–Crippen LogP) is 2.04. The average Bonchev–Trinajstić information content (AvgIpc) is 1.70. The predicted molar refractivity (Wildman–Crippen MR) is 362 cm³/mol. The van der Waals surface area contributed by atoms with Crippen molar-refractivity contribution in [2.24, 2.45) is 11.7 Å². The van der Waals surface area contributed by atoms with E-state index in [9.17, 15) is 87.9 Å². The van der Waals surface area contributed by atoms with Crippen LogP contribution in [0.4, 0.5) is 0 Å². The fourth-order valence-corrected chi connectivity index (χ4v) is 15.4. The Morgan fingerprint density at radius 1 is 0.691 bits per heavy atom. The molecule has 4 heterocycles. The highest BCUT2D eigenvalue weighted by Gasteiger charge is 2.45. The smallest absolute Gasteiger partial charge is 0.320 e. The van der Waals surface area contributed by atoms with Crippen molar-refractivity contribution < 1.29 is 87.9 Å². The van der Waals surface area contributed by atoms with Gasteiger partial charge in [-0.25, -0.2) is 0 Å². The van der Waals surface area contributed by atoms with Gasteiger partial charge in [-0.05, 0) is 92.7 Å². The fourth-order valence-electron chi connectivity index (χ4n) is 12.4. The number of aliphatic hydroxyl groups is 1. The summed E-state index contributed by atoms with van der Waals surface area (Å²) < 4.78 is 0. The first-order valence-electron chi connectivity index (χ1n) is 33.1. The second-order valence-electron chi connectivity index (χ2n) is 25.2. The molecular formula is C66H94N10O18S3. The van der Waals surface area contributed by atoms with Crippen molar-refractivity contribution in [2.45, 2.75) is 182 Å². The van der Waals surface area contributed by atoms with E-state index < -0.39 is 139 Å². The van der Waals surface area contributed by atoms with Crippen LogP contribution in [0.1, 0.15) is 132 Å². The highest BCUT2D eigenvalue weighted by molar-refractivity contribution is 7.99. The van der Waals surface area contributed by atoms with Crippen LogP contribution in [0.15, 0.2) is 48.5 Å². The Morgan fingerprint density at radius 2 is 1.34 bits per heavy atom. The minimum Gasteiger partial charge on any atom is -0.481 e. The molecule has 9 atom stereocenters. The number of carbonyl (C=O) groups is 13. The van der Waals surface area contributed by atoms with Gasteiger partial charge in [-0.1, -0.05) is 68.3 Å². The number of aliphatic hydroxyl groups excluding tert-OH is 1. The Balaban J connectivity index is 1.25. The average molecular weight is 1410 g/mol. The van der Waals surface area contributed by atoms with Crippen LogP contribution in [0.2, 0.25) is 0 Å². The summed E-state index contributed by atoms with van der Waals surface area (Å²) in [6, 6.07) is 5.60. The van der Waals surface area contributed by atoms with Gasteiger partial charge in [0.15, 0.2) is 5.78 Å². The van der Waals surface area contributed by atoms with Crippen LogP contribution in [0, 0.1) is 5.92 Å². The topological polar surface area (TPSA) is 413 Å². The summed E-state index contributed by atoms with van der Waals surface area (Å²) in [6.45, 7) is 3.01. The molecule has 0 unspecified atom stereocenters. The van der Waals surface area contributed by atoms with E-state index >= 15 is 0 Å². The number of ketones is 2. The second kappa shape index (κ2) is 40.0. The SMILES string of the molecule is CCCCCC(=O)N[C@H]1CSCc2cc(CSCCCC(=O)CC[C@H](C(=O)O)N3CCN(CC(=O)O)CN(CC(=O)O)C3)cc(c2)CSC[C@@H](C(=O)O)CC(=O)[C@H](Cc2ccccc2)NC(=O)[C@H](CCC(N)=O)NC(=O)[C@H]([C@@H](C)O)NC(=O)[C@@H]2CCCN2C(=O)[C@@H]2CCCN2C1=O. The second-order valence-corrected chi connectivity index (χ2v) is 28.4. The summed E-state index contributed by atoms with van der Waals surface area (Å²) in [6.07, 6.45) is 1.20. The molecule has 2 bridgehead atoms. The maximum atomic E-state index is 14.8. The van der Waals surface area contributed by atoms with E-state index in [1.807, 2.05) is 25.1 Å². The van der Waals surface area contributed by atoms with Gasteiger partial charge in [-0.3, -0.25) is 77.0 Å². The Kier molecular flexibility index (Phi) is 32.5. The third-order valence-electron chi connectivity index (χ3n) is 17.4. The number of carboxylic acid groups (broad SMARTS) is 4. The third-order valence-corrected chi connectivity index (χ3v) is 20.7. The summed E-state index contributed by atoms with van der Waals surface area (Å²) in [4.78, 5) is 182. The lowest BCUT2D eigenvalue weighted by Crippen LogP contribution is -2.61. The number of Topliss-reactive ketones (excluding diaryl/α,β-unsaturated/α-hetero) is 2. The Hall–Kier alpha value is -7.16. The van der Waals surface area contributed by atoms with Crippen molar-refractivity contribution in [3.8, 4) is 0 Å². The van der Waals surface area contributed by atoms with Gasteiger partial charge < -0.3 is 62.3 Å². The van der Waals surface area contributed by atoms with Gasteiger partial charge >= 0.3 is 23.9 Å². The van der Waals surface area contributed by atoms with Gasteiger partial charge in [0.25, 0.3) is 0 Å². The molecule has 4 aliphatic rings. The number of unbranched alkanes of at least 4 members (excludes halogenated alkanes) is 2. The van der Waals surface area contributed by atoms with Crippen LogP contribution in [0.25, 0.3) is 0 Å². The van der Waals surface area contributed by atoms with E-state index in [1.165, 1.54) is 50.0 Å². The van der Waals surface area contributed by atoms with Crippen molar-refractivity contribution in [1.82, 2.24) is 45.8 Å². The lowest BCUT2D eigenvalue weighted by Gasteiger charge is -2.33. The number of nitrogens with two attached hydrogens (primary N) is 1. The van der Waals surface area contributed by atoms with Crippen LogP contribution < -0.4 is 27.0 Å². The first-order chi connectivity index (χ1) is 46.3. The number of benzene rings is 2. The standard InChI is InChI=1S/C66H94N10O18S3/c1-3-4-6-17-56(81)68-50-38-97-36-45-28-43(34-95-26-11-14-47(78)18-20-53(66(93)94)74-25-24-72(32-57(82)83)39-73(40-74)33-58(84)85)27-44(29-45)35-96-37-46(65(91)92)31-54(79)49(30-42-12-7-5-8-13-42)70-60(86)48(19-21-55(67)80)69-62(88)59(41(2)77)71-61(87)51-15-9-22-75(51)64(90)52-16-10-23-76(52)63(50)89/h5,7-8,12-13,27-29,41,46,48-53,59,77H,3-4,6,9-11,14-26,30-40H2,1-2H3,(H2,67,80)(H,68,81)(H,69,88)(H,70,86)(H,71,87)(H,82,83)(H,84,85)(H,91,92)(H,93,94)/t41-,46+,48+,49+,50+,51+,52+,53-,59+/m1/s1. The van der Waals surface area contributed by atoms with E-state index in [0.29, 0.717) is 48.5 Å². The quantitative estimate of drug-likeness (QED) is 0.0572. The number of aliphatic carboxylic acids is 4. The summed E-state index contributed by atoms with van der Waals surface area (Å²) in [5, 5.41) is 61.4. The van der Waals surface area contributed by atoms with Crippen molar-refractivity contribution in [2.75, 3.05) is 69.9 Å². The van der Waals surface area contributed by atoms with Crippen LogP contribution in [0.5, 0.6) is 0 Å². The number of primary amides is 1. The molecule has 6 rings (SSSR count). The maximum Gasteiger partial charge on any atom is 0.320 e. The van der Waals surface area contributed by atoms with Gasteiger partial charge in [0, 0.05) is 87.0 Å². The molecule has 0 aromatic heterocycles. The minimum atomic E-state index is -1.70. The third kappa shape index (κ3) is 25.9. The zero-order valence-electron chi connectivity index (χ0n) is 55.1. The Morgan fingerprint density at radius 3 is 1.98 bits per heavy atom. The molecule has 7 amide bonds. The van der Waals surface area contributed by atoms with Gasteiger partial charge in [-0.15, -0.1) is 0 Å².